The summed E-state index contributed by atoms with van der Waals surface area (Å²) in [5.41, 5.74) is 0. The van der Waals surface area contributed by atoms with E-state index in [0.29, 0.717) is 18.5 Å². The van der Waals surface area contributed by atoms with Gasteiger partial charge in [0.15, 0.2) is 0 Å². The summed E-state index contributed by atoms with van der Waals surface area (Å²) in [6.45, 7) is 6.93. The van der Waals surface area contributed by atoms with E-state index in [-0.39, 0.29) is 6.10 Å². The highest BCUT2D eigenvalue weighted by molar-refractivity contribution is 7.10. The zero-order chi connectivity index (χ0) is 11.3. The summed E-state index contributed by atoms with van der Waals surface area (Å²) in [5.74, 6) is 0.665. The van der Waals surface area contributed by atoms with Gasteiger partial charge in [-0.3, -0.25) is 0 Å². The van der Waals surface area contributed by atoms with Crippen LogP contribution < -0.4 is 5.32 Å². The Hall–Kier alpha value is -0.380. The van der Waals surface area contributed by atoms with Gasteiger partial charge in [-0.15, -0.1) is 11.3 Å². The van der Waals surface area contributed by atoms with E-state index in [1.165, 1.54) is 4.88 Å². The molecule has 0 saturated heterocycles. The topological polar surface area (TPSA) is 32.3 Å². The van der Waals surface area contributed by atoms with Gasteiger partial charge < -0.3 is 10.4 Å². The summed E-state index contributed by atoms with van der Waals surface area (Å²) in [7, 11) is 0. The average molecular weight is 227 g/mol. The van der Waals surface area contributed by atoms with Crippen molar-refractivity contribution in [3.8, 4) is 0 Å². The van der Waals surface area contributed by atoms with Crippen molar-refractivity contribution in [3.05, 3.63) is 22.4 Å². The lowest BCUT2D eigenvalue weighted by Crippen LogP contribution is -2.29. The van der Waals surface area contributed by atoms with Gasteiger partial charge in [0.25, 0.3) is 0 Å². The van der Waals surface area contributed by atoms with Crippen LogP contribution in [0.25, 0.3) is 0 Å². The van der Waals surface area contributed by atoms with Crippen LogP contribution in [-0.4, -0.2) is 17.8 Å². The van der Waals surface area contributed by atoms with Gasteiger partial charge in [-0.1, -0.05) is 19.9 Å². The van der Waals surface area contributed by atoms with E-state index < -0.39 is 0 Å². The first-order valence-electron chi connectivity index (χ1n) is 5.54. The van der Waals surface area contributed by atoms with Gasteiger partial charge in [-0.25, -0.2) is 0 Å². The fraction of sp³-hybridized carbons (Fsp3) is 0.667. The zero-order valence-corrected chi connectivity index (χ0v) is 10.6. The molecule has 2 N–H and O–H groups in total. The van der Waals surface area contributed by atoms with Crippen LogP contribution in [0.4, 0.5) is 0 Å². The van der Waals surface area contributed by atoms with Crippen molar-refractivity contribution in [1.29, 1.82) is 0 Å². The Morgan fingerprint density at radius 3 is 2.60 bits per heavy atom. The van der Waals surface area contributed by atoms with Crippen molar-refractivity contribution >= 4 is 11.3 Å². The van der Waals surface area contributed by atoms with E-state index in [1.807, 2.05) is 6.92 Å². The molecule has 0 aliphatic heterocycles. The molecule has 15 heavy (non-hydrogen) atoms. The summed E-state index contributed by atoms with van der Waals surface area (Å²) in [6.07, 6.45) is 0.840. The van der Waals surface area contributed by atoms with Gasteiger partial charge in [0.05, 0.1) is 6.10 Å². The number of nitrogens with one attached hydrogen (secondary N) is 1. The molecule has 0 bridgehead atoms. The molecule has 1 heterocycles. The molecule has 0 fully saturated rings. The maximum Gasteiger partial charge on any atom is 0.0636 e. The third-order valence-corrected chi connectivity index (χ3v) is 3.24. The normalized spacial score (nSPS) is 15.5. The van der Waals surface area contributed by atoms with Crippen LogP contribution >= 0.6 is 11.3 Å². The summed E-state index contributed by atoms with van der Waals surface area (Å²) < 4.78 is 0. The fourth-order valence-corrected chi connectivity index (χ4v) is 2.39. The molecule has 0 amide bonds. The standard InChI is InChI=1S/C12H21NOS/c1-9(2)7-11(13-8-10(3)14)12-5-4-6-15-12/h4-6,9-11,13-14H,7-8H2,1-3H3. The fourth-order valence-electron chi connectivity index (χ4n) is 1.57. The summed E-state index contributed by atoms with van der Waals surface area (Å²) in [6, 6.07) is 4.63. The monoisotopic (exact) mass is 227 g/mol. The first-order chi connectivity index (χ1) is 7.09. The molecular weight excluding hydrogens is 206 g/mol. The number of hydrogen-bond donors (Lipinski definition) is 2. The molecule has 86 valence electrons. The zero-order valence-electron chi connectivity index (χ0n) is 9.73. The van der Waals surface area contributed by atoms with Crippen molar-refractivity contribution in [2.45, 2.75) is 39.3 Å². The molecule has 2 atom stereocenters. The van der Waals surface area contributed by atoms with Crippen molar-refractivity contribution in [2.24, 2.45) is 5.92 Å². The number of rotatable bonds is 6. The van der Waals surface area contributed by atoms with E-state index in [0.717, 1.165) is 6.42 Å². The first kappa shape index (κ1) is 12.7. The van der Waals surface area contributed by atoms with Gasteiger partial charge in [0, 0.05) is 17.5 Å². The first-order valence-corrected chi connectivity index (χ1v) is 6.42. The lowest BCUT2D eigenvalue weighted by atomic mass is 10.0. The van der Waals surface area contributed by atoms with E-state index in [9.17, 15) is 5.11 Å². The smallest absolute Gasteiger partial charge is 0.0636 e. The largest absolute Gasteiger partial charge is 0.392 e. The SMILES string of the molecule is CC(C)CC(NCC(C)O)c1cccs1. The predicted octanol–water partition coefficient (Wildman–Crippen LogP) is 2.81. The highest BCUT2D eigenvalue weighted by atomic mass is 32.1. The van der Waals surface area contributed by atoms with Crippen LogP contribution in [0.15, 0.2) is 17.5 Å². The lowest BCUT2D eigenvalue weighted by Gasteiger charge is -2.20. The Bertz CT molecular complexity index is 257. The second kappa shape index (κ2) is 6.26. The summed E-state index contributed by atoms with van der Waals surface area (Å²) in [4.78, 5) is 1.37. The van der Waals surface area contributed by atoms with Crippen LogP contribution in [0, 0.1) is 5.92 Å². The van der Waals surface area contributed by atoms with Crippen LogP contribution in [0.1, 0.15) is 38.1 Å². The predicted molar refractivity (Wildman–Crippen MR) is 66.2 cm³/mol. The Morgan fingerprint density at radius 2 is 2.13 bits per heavy atom. The van der Waals surface area contributed by atoms with Gasteiger partial charge >= 0.3 is 0 Å². The Labute approximate surface area is 96.3 Å². The minimum absolute atomic E-state index is 0.278. The Balaban J connectivity index is 2.54. The van der Waals surface area contributed by atoms with Crippen molar-refractivity contribution in [2.75, 3.05) is 6.54 Å². The van der Waals surface area contributed by atoms with Crippen molar-refractivity contribution < 1.29 is 5.11 Å². The number of aliphatic hydroxyl groups excluding tert-OH is 1. The van der Waals surface area contributed by atoms with E-state index in [4.69, 9.17) is 0 Å². The van der Waals surface area contributed by atoms with Crippen LogP contribution in [0.3, 0.4) is 0 Å². The maximum absolute atomic E-state index is 9.27. The van der Waals surface area contributed by atoms with Gasteiger partial charge in [-0.05, 0) is 30.7 Å². The average Bonchev–Trinajstić information content (AvgIpc) is 2.63. The van der Waals surface area contributed by atoms with E-state index in [2.05, 4.69) is 36.7 Å². The molecule has 0 aromatic carbocycles. The highest BCUT2D eigenvalue weighted by Crippen LogP contribution is 2.25. The molecule has 0 radical (unpaired) electrons. The molecule has 0 spiro atoms. The molecule has 0 aliphatic carbocycles. The molecule has 2 unspecified atom stereocenters. The number of hydrogen-bond acceptors (Lipinski definition) is 3. The lowest BCUT2D eigenvalue weighted by molar-refractivity contribution is 0.184. The van der Waals surface area contributed by atoms with Crippen molar-refractivity contribution in [1.82, 2.24) is 5.32 Å². The third kappa shape index (κ3) is 4.78. The minimum atomic E-state index is -0.278. The van der Waals surface area contributed by atoms with E-state index in [1.54, 1.807) is 11.3 Å². The summed E-state index contributed by atoms with van der Waals surface area (Å²) in [5, 5.41) is 14.8. The van der Waals surface area contributed by atoms with Crippen LogP contribution in [-0.2, 0) is 0 Å². The molecule has 1 aromatic heterocycles. The number of thiophene rings is 1. The molecule has 1 aromatic rings. The van der Waals surface area contributed by atoms with E-state index >= 15 is 0 Å². The van der Waals surface area contributed by atoms with Gasteiger partial charge in [0.1, 0.15) is 0 Å². The Morgan fingerprint density at radius 1 is 1.40 bits per heavy atom. The third-order valence-electron chi connectivity index (χ3n) is 2.25. The molecule has 1 rings (SSSR count). The second-order valence-electron chi connectivity index (χ2n) is 4.45. The van der Waals surface area contributed by atoms with Gasteiger partial charge in [-0.2, -0.15) is 0 Å². The summed E-state index contributed by atoms with van der Waals surface area (Å²) >= 11 is 1.78. The quantitative estimate of drug-likeness (QED) is 0.783. The molecule has 0 saturated carbocycles. The van der Waals surface area contributed by atoms with Gasteiger partial charge in [0.2, 0.25) is 0 Å². The Kier molecular flexibility index (Phi) is 5.29. The molecule has 3 heteroatoms. The molecule has 2 nitrogen and oxygen atoms in total. The van der Waals surface area contributed by atoms with Crippen molar-refractivity contribution in [3.63, 3.8) is 0 Å². The minimum Gasteiger partial charge on any atom is -0.392 e. The second-order valence-corrected chi connectivity index (χ2v) is 5.43. The highest BCUT2D eigenvalue weighted by Gasteiger charge is 2.14. The molecule has 0 aliphatic rings. The van der Waals surface area contributed by atoms with Crippen LogP contribution in [0.5, 0.6) is 0 Å². The van der Waals surface area contributed by atoms with Crippen LogP contribution in [0.2, 0.25) is 0 Å². The maximum atomic E-state index is 9.27. The molecular formula is C12H21NOS. The number of aliphatic hydroxyl groups is 1.